The maximum Gasteiger partial charge on any atom is 0.308 e. The lowest BCUT2D eigenvalue weighted by atomic mass is 9.99. The standard InChI is InChI=1S/C17H23NO4/c1-13-10-18(11-15(13)17(20)21)16(19)8-5-9-22-12-14-6-3-2-4-7-14/h2-4,6-7,13,15H,5,8-12H2,1H3,(H,20,21)/t13-,15-/m1/s1. The van der Waals surface area contributed by atoms with Gasteiger partial charge < -0.3 is 14.7 Å². The number of likely N-dealkylation sites (tertiary alicyclic amines) is 1. The van der Waals surface area contributed by atoms with Crippen LogP contribution in [0, 0.1) is 11.8 Å². The summed E-state index contributed by atoms with van der Waals surface area (Å²) >= 11 is 0. The highest BCUT2D eigenvalue weighted by Gasteiger charge is 2.36. The third-order valence-corrected chi connectivity index (χ3v) is 4.07. The summed E-state index contributed by atoms with van der Waals surface area (Å²) in [6.45, 7) is 3.85. The minimum atomic E-state index is -0.811. The molecule has 5 nitrogen and oxygen atoms in total. The number of carboxylic acids is 1. The number of carboxylic acid groups (broad SMARTS) is 1. The molecular formula is C17H23NO4. The molecule has 1 saturated heterocycles. The van der Waals surface area contributed by atoms with Crippen LogP contribution in [0.3, 0.4) is 0 Å². The van der Waals surface area contributed by atoms with Crippen molar-refractivity contribution in [3.05, 3.63) is 35.9 Å². The number of ether oxygens (including phenoxy) is 1. The lowest BCUT2D eigenvalue weighted by molar-refractivity contribution is -0.142. The van der Waals surface area contributed by atoms with Crippen molar-refractivity contribution in [3.8, 4) is 0 Å². The second-order valence-corrected chi connectivity index (χ2v) is 5.86. The van der Waals surface area contributed by atoms with E-state index in [-0.39, 0.29) is 11.8 Å². The lowest BCUT2D eigenvalue weighted by Crippen LogP contribution is -2.29. The number of nitrogens with zero attached hydrogens (tertiary/aromatic N) is 1. The van der Waals surface area contributed by atoms with E-state index in [2.05, 4.69) is 0 Å². The Hall–Kier alpha value is -1.88. The van der Waals surface area contributed by atoms with E-state index in [0.29, 0.717) is 39.1 Å². The van der Waals surface area contributed by atoms with Crippen molar-refractivity contribution >= 4 is 11.9 Å². The van der Waals surface area contributed by atoms with Crippen LogP contribution in [-0.4, -0.2) is 41.6 Å². The van der Waals surface area contributed by atoms with Gasteiger partial charge in [-0.15, -0.1) is 0 Å². The maximum absolute atomic E-state index is 12.1. The Morgan fingerprint density at radius 1 is 1.27 bits per heavy atom. The first kappa shape index (κ1) is 16.5. The highest BCUT2D eigenvalue weighted by molar-refractivity contribution is 5.78. The number of hydrogen-bond acceptors (Lipinski definition) is 3. The summed E-state index contributed by atoms with van der Waals surface area (Å²) in [5, 5.41) is 9.08. The van der Waals surface area contributed by atoms with Crippen molar-refractivity contribution in [2.75, 3.05) is 19.7 Å². The molecule has 2 rings (SSSR count). The lowest BCUT2D eigenvalue weighted by Gasteiger charge is -2.15. The SMILES string of the molecule is C[C@@H]1CN(C(=O)CCCOCc2ccccc2)C[C@H]1C(=O)O. The molecule has 1 aliphatic rings. The van der Waals surface area contributed by atoms with Gasteiger partial charge in [-0.1, -0.05) is 37.3 Å². The molecule has 1 N–H and O–H groups in total. The fourth-order valence-corrected chi connectivity index (χ4v) is 2.74. The van der Waals surface area contributed by atoms with E-state index in [4.69, 9.17) is 9.84 Å². The van der Waals surface area contributed by atoms with Crippen LogP contribution in [0.5, 0.6) is 0 Å². The van der Waals surface area contributed by atoms with Gasteiger partial charge in [0.1, 0.15) is 0 Å². The predicted molar refractivity (Wildman–Crippen MR) is 82.2 cm³/mol. The van der Waals surface area contributed by atoms with Crippen LogP contribution in [0.15, 0.2) is 30.3 Å². The molecule has 1 aliphatic heterocycles. The van der Waals surface area contributed by atoms with Crippen LogP contribution in [0.4, 0.5) is 0 Å². The summed E-state index contributed by atoms with van der Waals surface area (Å²) in [6.07, 6.45) is 1.07. The number of benzene rings is 1. The Kier molecular flexibility index (Phi) is 5.95. The summed E-state index contributed by atoms with van der Waals surface area (Å²) in [4.78, 5) is 24.8. The fourth-order valence-electron chi connectivity index (χ4n) is 2.74. The van der Waals surface area contributed by atoms with Gasteiger partial charge in [0.15, 0.2) is 0 Å². The molecule has 5 heteroatoms. The molecule has 1 aromatic carbocycles. The summed E-state index contributed by atoms with van der Waals surface area (Å²) < 4.78 is 5.55. The van der Waals surface area contributed by atoms with Gasteiger partial charge in [0.05, 0.1) is 12.5 Å². The Labute approximate surface area is 130 Å². The van der Waals surface area contributed by atoms with Crippen molar-refractivity contribution in [2.24, 2.45) is 11.8 Å². The zero-order valence-electron chi connectivity index (χ0n) is 12.9. The topological polar surface area (TPSA) is 66.8 Å². The second kappa shape index (κ2) is 7.94. The Morgan fingerprint density at radius 3 is 2.64 bits per heavy atom. The predicted octanol–water partition coefficient (Wildman–Crippen LogP) is 2.16. The van der Waals surface area contributed by atoms with Crippen molar-refractivity contribution in [1.29, 1.82) is 0 Å². The molecule has 0 aliphatic carbocycles. The van der Waals surface area contributed by atoms with E-state index in [1.54, 1.807) is 4.90 Å². The van der Waals surface area contributed by atoms with Crippen molar-refractivity contribution in [1.82, 2.24) is 4.90 Å². The molecule has 1 fully saturated rings. The molecule has 2 atom stereocenters. The third-order valence-electron chi connectivity index (χ3n) is 4.07. The van der Waals surface area contributed by atoms with E-state index < -0.39 is 11.9 Å². The Bertz CT molecular complexity index is 503. The molecule has 0 bridgehead atoms. The van der Waals surface area contributed by atoms with Crippen molar-refractivity contribution < 1.29 is 19.4 Å². The molecule has 0 radical (unpaired) electrons. The summed E-state index contributed by atoms with van der Waals surface area (Å²) in [6, 6.07) is 9.90. The molecule has 1 heterocycles. The summed E-state index contributed by atoms with van der Waals surface area (Å²) in [5.74, 6) is -1.19. The van der Waals surface area contributed by atoms with Crippen LogP contribution < -0.4 is 0 Å². The molecule has 0 saturated carbocycles. The number of amides is 1. The number of hydrogen-bond donors (Lipinski definition) is 1. The quantitative estimate of drug-likeness (QED) is 0.784. The van der Waals surface area contributed by atoms with Crippen LogP contribution in [0.1, 0.15) is 25.3 Å². The minimum absolute atomic E-state index is 0.0239. The zero-order valence-corrected chi connectivity index (χ0v) is 12.9. The van der Waals surface area contributed by atoms with Crippen molar-refractivity contribution in [3.63, 3.8) is 0 Å². The van der Waals surface area contributed by atoms with E-state index in [1.807, 2.05) is 37.3 Å². The highest BCUT2D eigenvalue weighted by atomic mass is 16.5. The third kappa shape index (κ3) is 4.56. The molecule has 0 aromatic heterocycles. The minimum Gasteiger partial charge on any atom is -0.481 e. The van der Waals surface area contributed by atoms with Crippen molar-refractivity contribution in [2.45, 2.75) is 26.4 Å². The van der Waals surface area contributed by atoms with Crippen LogP contribution in [-0.2, 0) is 20.9 Å². The number of carbonyl (C=O) groups is 2. The molecule has 0 unspecified atom stereocenters. The first-order valence-electron chi connectivity index (χ1n) is 7.70. The van der Waals surface area contributed by atoms with Crippen LogP contribution >= 0.6 is 0 Å². The first-order chi connectivity index (χ1) is 10.6. The largest absolute Gasteiger partial charge is 0.481 e. The summed E-state index contributed by atoms with van der Waals surface area (Å²) in [5.41, 5.74) is 1.12. The van der Waals surface area contributed by atoms with Gasteiger partial charge in [-0.25, -0.2) is 0 Å². The van der Waals surface area contributed by atoms with E-state index in [0.717, 1.165) is 5.56 Å². The second-order valence-electron chi connectivity index (χ2n) is 5.86. The van der Waals surface area contributed by atoms with Gasteiger partial charge >= 0.3 is 5.97 Å². The Morgan fingerprint density at radius 2 is 2.00 bits per heavy atom. The summed E-state index contributed by atoms with van der Waals surface area (Å²) in [7, 11) is 0. The normalized spacial score (nSPS) is 21.0. The zero-order chi connectivity index (χ0) is 15.9. The molecule has 0 spiro atoms. The fraction of sp³-hybridized carbons (Fsp3) is 0.529. The van der Waals surface area contributed by atoms with Crippen LogP contribution in [0.2, 0.25) is 0 Å². The van der Waals surface area contributed by atoms with Gasteiger partial charge in [0.2, 0.25) is 5.91 Å². The monoisotopic (exact) mass is 305 g/mol. The maximum atomic E-state index is 12.1. The molecule has 120 valence electrons. The molecule has 22 heavy (non-hydrogen) atoms. The van der Waals surface area contributed by atoms with Gasteiger partial charge in [-0.3, -0.25) is 9.59 Å². The Balaban J connectivity index is 1.63. The van der Waals surface area contributed by atoms with E-state index in [9.17, 15) is 9.59 Å². The molecule has 1 aromatic rings. The van der Waals surface area contributed by atoms with E-state index in [1.165, 1.54) is 0 Å². The number of rotatable bonds is 7. The van der Waals surface area contributed by atoms with Gasteiger partial charge in [0, 0.05) is 26.1 Å². The van der Waals surface area contributed by atoms with Gasteiger partial charge in [-0.05, 0) is 17.9 Å². The molecular weight excluding hydrogens is 282 g/mol. The smallest absolute Gasteiger partial charge is 0.308 e. The average Bonchev–Trinajstić information content (AvgIpc) is 2.90. The van der Waals surface area contributed by atoms with Gasteiger partial charge in [0.25, 0.3) is 0 Å². The molecule has 1 amide bonds. The van der Waals surface area contributed by atoms with E-state index >= 15 is 0 Å². The number of aliphatic carboxylic acids is 1. The number of carbonyl (C=O) groups excluding carboxylic acids is 1. The first-order valence-corrected chi connectivity index (χ1v) is 7.70. The van der Waals surface area contributed by atoms with Crippen LogP contribution in [0.25, 0.3) is 0 Å². The average molecular weight is 305 g/mol. The van der Waals surface area contributed by atoms with Gasteiger partial charge in [-0.2, -0.15) is 0 Å². The highest BCUT2D eigenvalue weighted by Crippen LogP contribution is 2.23.